The fraction of sp³-hybridized carbons (Fsp3) is 0.409. The number of benzene rings is 2. The lowest BCUT2D eigenvalue weighted by Gasteiger charge is -2.32. The Kier molecular flexibility index (Phi) is 5.59. The van der Waals surface area contributed by atoms with Crippen LogP contribution in [0.5, 0.6) is 0 Å². The summed E-state index contributed by atoms with van der Waals surface area (Å²) >= 11 is 1.23. The minimum Gasteiger partial charge on any atom is -0.372 e. The number of hydroxylamine groups is 1. The van der Waals surface area contributed by atoms with Crippen molar-refractivity contribution < 1.29 is 22.8 Å². The van der Waals surface area contributed by atoms with Crippen LogP contribution in [0.15, 0.2) is 46.2 Å². The normalized spacial score (nSPS) is 16.2. The number of nitrogens with one attached hydrogen (secondary N) is 1. The zero-order valence-corrected chi connectivity index (χ0v) is 18.4. The van der Waals surface area contributed by atoms with E-state index in [4.69, 9.17) is 4.84 Å². The van der Waals surface area contributed by atoms with Crippen LogP contribution in [0, 0.1) is 0 Å². The first-order valence-electron chi connectivity index (χ1n) is 10.1. The van der Waals surface area contributed by atoms with Crippen LogP contribution in [0.1, 0.15) is 39.2 Å². The second kappa shape index (κ2) is 7.94. The van der Waals surface area contributed by atoms with Gasteiger partial charge in [0.1, 0.15) is 0 Å². The topological polar surface area (TPSA) is 44.8 Å². The van der Waals surface area contributed by atoms with E-state index in [1.807, 2.05) is 39.0 Å². The minimum atomic E-state index is -4.47. The van der Waals surface area contributed by atoms with E-state index in [1.54, 1.807) is 0 Å². The molecule has 4 rings (SSSR count). The van der Waals surface area contributed by atoms with Gasteiger partial charge in [-0.1, -0.05) is 11.8 Å². The summed E-state index contributed by atoms with van der Waals surface area (Å²) in [5.74, 6) is 0. The second-order valence-corrected chi connectivity index (χ2v) is 9.77. The highest BCUT2D eigenvalue weighted by atomic mass is 32.2. The molecule has 2 aromatic carbocycles. The third-order valence-electron chi connectivity index (χ3n) is 5.03. The van der Waals surface area contributed by atoms with Crippen LogP contribution >= 0.6 is 11.8 Å². The van der Waals surface area contributed by atoms with Crippen molar-refractivity contribution in [3.63, 3.8) is 0 Å². The predicted molar refractivity (Wildman–Crippen MR) is 115 cm³/mol. The van der Waals surface area contributed by atoms with Crippen LogP contribution in [-0.4, -0.2) is 24.7 Å². The Balaban J connectivity index is 1.75. The number of carbonyl (C=O) groups excluding carboxylic acids is 1. The molecule has 2 aliphatic heterocycles. The van der Waals surface area contributed by atoms with Gasteiger partial charge in [0.15, 0.2) is 0 Å². The Morgan fingerprint density at radius 3 is 2.23 bits per heavy atom. The minimum absolute atomic E-state index is 0.355. The molecule has 0 aromatic heterocycles. The van der Waals surface area contributed by atoms with Gasteiger partial charge in [0, 0.05) is 34.1 Å². The number of anilines is 3. The zero-order chi connectivity index (χ0) is 22.4. The SMILES string of the molecule is CC(C)(C)NOC(=O)N1c2ccc(N3CCCC3)cc2Sc2cc(C(F)(F)F)ccc21. The maximum absolute atomic E-state index is 13.3. The average molecular weight is 452 g/mol. The van der Waals surface area contributed by atoms with E-state index in [0.29, 0.717) is 21.2 Å². The Labute approximate surface area is 183 Å². The number of carbonyl (C=O) groups is 1. The first-order valence-corrected chi connectivity index (χ1v) is 10.9. The monoisotopic (exact) mass is 451 g/mol. The van der Waals surface area contributed by atoms with E-state index in [-0.39, 0.29) is 0 Å². The van der Waals surface area contributed by atoms with Crippen molar-refractivity contribution in [2.45, 2.75) is 55.1 Å². The van der Waals surface area contributed by atoms with Crippen molar-refractivity contribution in [2.24, 2.45) is 0 Å². The fourth-order valence-electron chi connectivity index (χ4n) is 3.59. The van der Waals surface area contributed by atoms with Crippen molar-refractivity contribution in [1.82, 2.24) is 5.48 Å². The van der Waals surface area contributed by atoms with Gasteiger partial charge in [0.25, 0.3) is 0 Å². The first kappa shape index (κ1) is 21.8. The molecule has 2 aliphatic rings. The number of fused-ring (bicyclic) bond motifs is 2. The lowest BCUT2D eigenvalue weighted by atomic mass is 10.1. The molecule has 1 N–H and O–H groups in total. The van der Waals surface area contributed by atoms with Gasteiger partial charge in [0.05, 0.1) is 16.9 Å². The average Bonchev–Trinajstić information content (AvgIpc) is 3.23. The molecule has 5 nitrogen and oxygen atoms in total. The van der Waals surface area contributed by atoms with Crippen LogP contribution < -0.4 is 15.3 Å². The molecular formula is C22H24F3N3O2S. The van der Waals surface area contributed by atoms with Crippen LogP contribution in [-0.2, 0) is 11.0 Å². The Bertz CT molecular complexity index is 998. The molecule has 1 fully saturated rings. The molecule has 31 heavy (non-hydrogen) atoms. The van der Waals surface area contributed by atoms with Crippen molar-refractivity contribution in [2.75, 3.05) is 22.9 Å². The molecule has 1 saturated heterocycles. The molecule has 0 saturated carbocycles. The Hall–Kier alpha value is -2.39. The highest BCUT2D eigenvalue weighted by Gasteiger charge is 2.35. The standard InChI is InChI=1S/C22H24F3N3O2S/c1-21(2,3)26-30-20(29)28-16-8-6-14(22(23,24)25)12-18(16)31-19-13-15(7-9-17(19)28)27-10-4-5-11-27/h6-9,12-13,26H,4-5,10-11H2,1-3H3. The molecule has 2 aromatic rings. The van der Waals surface area contributed by atoms with Crippen molar-refractivity contribution in [3.8, 4) is 0 Å². The molecule has 0 radical (unpaired) electrons. The van der Waals surface area contributed by atoms with Gasteiger partial charge in [-0.05, 0) is 70.0 Å². The summed E-state index contributed by atoms with van der Waals surface area (Å²) < 4.78 is 39.9. The molecule has 1 amide bonds. The van der Waals surface area contributed by atoms with Gasteiger partial charge in [-0.2, -0.15) is 13.2 Å². The molecule has 0 atom stereocenters. The lowest BCUT2D eigenvalue weighted by Crippen LogP contribution is -2.41. The van der Waals surface area contributed by atoms with Crippen LogP contribution in [0.2, 0.25) is 0 Å². The summed E-state index contributed by atoms with van der Waals surface area (Å²) in [5.41, 5.74) is 3.40. The van der Waals surface area contributed by atoms with Gasteiger partial charge in [0.2, 0.25) is 0 Å². The zero-order valence-electron chi connectivity index (χ0n) is 17.5. The van der Waals surface area contributed by atoms with E-state index < -0.39 is 23.4 Å². The number of alkyl halides is 3. The predicted octanol–water partition coefficient (Wildman–Crippen LogP) is 6.35. The second-order valence-electron chi connectivity index (χ2n) is 8.68. The van der Waals surface area contributed by atoms with Gasteiger partial charge < -0.3 is 9.74 Å². The smallest absolute Gasteiger partial charge is 0.372 e. The highest BCUT2D eigenvalue weighted by Crippen LogP contribution is 2.51. The first-order chi connectivity index (χ1) is 14.5. The maximum Gasteiger partial charge on any atom is 0.437 e. The largest absolute Gasteiger partial charge is 0.437 e. The van der Waals surface area contributed by atoms with E-state index in [1.165, 1.54) is 22.7 Å². The maximum atomic E-state index is 13.3. The molecule has 9 heteroatoms. The van der Waals surface area contributed by atoms with E-state index in [0.717, 1.165) is 43.8 Å². The van der Waals surface area contributed by atoms with Crippen LogP contribution in [0.3, 0.4) is 0 Å². The summed E-state index contributed by atoms with van der Waals surface area (Å²) in [6.45, 7) is 7.41. The number of halogens is 3. The number of hydrogen-bond acceptors (Lipinski definition) is 5. The molecule has 0 aliphatic carbocycles. The number of nitrogens with zero attached hydrogens (tertiary/aromatic N) is 2. The highest BCUT2D eigenvalue weighted by molar-refractivity contribution is 7.99. The van der Waals surface area contributed by atoms with Crippen LogP contribution in [0.25, 0.3) is 0 Å². The number of rotatable bonds is 2. The van der Waals surface area contributed by atoms with E-state index >= 15 is 0 Å². The van der Waals surface area contributed by atoms with Gasteiger partial charge >= 0.3 is 12.3 Å². The van der Waals surface area contributed by atoms with Gasteiger partial charge in [-0.25, -0.2) is 9.69 Å². The summed E-state index contributed by atoms with van der Waals surface area (Å²) in [4.78, 5) is 22.9. The number of amides is 1. The lowest BCUT2D eigenvalue weighted by molar-refractivity contribution is -0.137. The molecule has 0 bridgehead atoms. The fourth-order valence-corrected chi connectivity index (χ4v) is 4.72. The molecular weight excluding hydrogens is 427 g/mol. The molecule has 0 unspecified atom stereocenters. The quantitative estimate of drug-likeness (QED) is 0.539. The molecule has 2 heterocycles. The molecule has 166 valence electrons. The molecule has 0 spiro atoms. The summed E-state index contributed by atoms with van der Waals surface area (Å²) in [6, 6.07) is 9.10. The van der Waals surface area contributed by atoms with E-state index in [9.17, 15) is 18.0 Å². The van der Waals surface area contributed by atoms with Crippen molar-refractivity contribution in [1.29, 1.82) is 0 Å². The summed E-state index contributed by atoms with van der Waals surface area (Å²) in [5, 5.41) is 0. The third-order valence-corrected chi connectivity index (χ3v) is 6.12. The Morgan fingerprint density at radius 2 is 1.61 bits per heavy atom. The van der Waals surface area contributed by atoms with Crippen molar-refractivity contribution in [3.05, 3.63) is 42.0 Å². The third kappa shape index (κ3) is 4.62. The number of hydrogen-bond donors (Lipinski definition) is 1. The van der Waals surface area contributed by atoms with E-state index in [2.05, 4.69) is 10.4 Å². The van der Waals surface area contributed by atoms with Gasteiger partial charge in [-0.3, -0.25) is 0 Å². The van der Waals surface area contributed by atoms with Crippen LogP contribution in [0.4, 0.5) is 35.0 Å². The Morgan fingerprint density at radius 1 is 1.00 bits per heavy atom. The summed E-state index contributed by atoms with van der Waals surface area (Å²) in [6.07, 6.45) is -2.95. The van der Waals surface area contributed by atoms with Gasteiger partial charge in [-0.15, -0.1) is 5.48 Å². The van der Waals surface area contributed by atoms with Crippen molar-refractivity contribution >= 4 is 34.9 Å². The summed E-state index contributed by atoms with van der Waals surface area (Å²) in [7, 11) is 0.